The molecule has 0 bridgehead atoms. The van der Waals surface area contributed by atoms with Crippen molar-refractivity contribution in [3.05, 3.63) is 18.0 Å². The number of rotatable bonds is 3. The van der Waals surface area contributed by atoms with E-state index in [1.165, 1.54) is 6.92 Å². The van der Waals surface area contributed by atoms with Gasteiger partial charge in [-0.05, 0) is 39.7 Å². The molecule has 156 valence electrons. The van der Waals surface area contributed by atoms with Gasteiger partial charge in [-0.3, -0.25) is 10.1 Å². The summed E-state index contributed by atoms with van der Waals surface area (Å²) in [5, 5.41) is 2.68. The molecule has 1 N–H and O–H groups in total. The summed E-state index contributed by atoms with van der Waals surface area (Å²) in [5.74, 6) is -0.202. The lowest BCUT2D eigenvalue weighted by Gasteiger charge is -2.47. The molecule has 1 aromatic rings. The number of piperidine rings is 1. The minimum absolute atomic E-state index is 0.202. The largest absolute Gasteiger partial charge is 0.444 e. The minimum Gasteiger partial charge on any atom is -0.444 e. The predicted molar refractivity (Wildman–Crippen MR) is 110 cm³/mol. The van der Waals surface area contributed by atoms with Gasteiger partial charge in [0.15, 0.2) is 5.78 Å². The van der Waals surface area contributed by atoms with E-state index >= 15 is 0 Å². The van der Waals surface area contributed by atoms with Crippen molar-refractivity contribution in [3.8, 4) is 0 Å². The normalized spacial score (nSPS) is 17.9. The second-order valence-electron chi connectivity index (χ2n) is 8.25. The van der Waals surface area contributed by atoms with Crippen molar-refractivity contribution in [2.75, 3.05) is 36.5 Å². The maximum atomic E-state index is 12.1. The second kappa shape index (κ2) is 8.90. The third-order valence-corrected chi connectivity index (χ3v) is 4.85. The fraction of sp³-hybridized carbons (Fsp3) is 0.667. The number of amides is 1. The van der Waals surface area contributed by atoms with Crippen molar-refractivity contribution in [1.29, 1.82) is 0 Å². The SMILES string of the molecule is CC.CC(=O)c1ncc(N2CCC3(CC2)COC3)cc1NC(=O)OC(C)(C)C. The van der Waals surface area contributed by atoms with Crippen LogP contribution in [0.1, 0.15) is 64.9 Å². The Morgan fingerprint density at radius 1 is 1.21 bits per heavy atom. The smallest absolute Gasteiger partial charge is 0.412 e. The molecule has 2 aliphatic heterocycles. The standard InChI is InChI=1S/C19H27N3O4.C2H6/c1-13(23)16-15(21-17(24)26-18(2,3)4)9-14(10-20-16)22-7-5-19(6-8-22)11-25-12-19;1-2/h9-10H,5-8,11-12H2,1-4H3,(H,21,24);1-2H3. The zero-order chi connectivity index (χ0) is 20.9. The number of nitrogens with zero attached hydrogens (tertiary/aromatic N) is 2. The number of anilines is 2. The molecule has 0 atom stereocenters. The Morgan fingerprint density at radius 2 is 1.82 bits per heavy atom. The summed E-state index contributed by atoms with van der Waals surface area (Å²) in [6.07, 6.45) is 3.27. The highest BCUT2D eigenvalue weighted by Gasteiger charge is 2.41. The molecule has 0 radical (unpaired) electrons. The van der Waals surface area contributed by atoms with Gasteiger partial charge in [0.2, 0.25) is 0 Å². The van der Waals surface area contributed by atoms with Crippen LogP contribution in [-0.4, -0.2) is 48.8 Å². The second-order valence-corrected chi connectivity index (χ2v) is 8.25. The van der Waals surface area contributed by atoms with Gasteiger partial charge < -0.3 is 14.4 Å². The highest BCUT2D eigenvalue weighted by Crippen LogP contribution is 2.39. The van der Waals surface area contributed by atoms with Gasteiger partial charge in [0.1, 0.15) is 11.3 Å². The molecule has 3 heterocycles. The predicted octanol–water partition coefficient (Wildman–Crippen LogP) is 4.27. The molecule has 0 unspecified atom stereocenters. The third kappa shape index (κ3) is 5.44. The zero-order valence-corrected chi connectivity index (χ0v) is 17.9. The van der Waals surface area contributed by atoms with Crippen LogP contribution in [0.2, 0.25) is 0 Å². The van der Waals surface area contributed by atoms with E-state index in [-0.39, 0.29) is 11.5 Å². The van der Waals surface area contributed by atoms with Crippen molar-refractivity contribution in [1.82, 2.24) is 4.98 Å². The monoisotopic (exact) mass is 391 g/mol. The van der Waals surface area contributed by atoms with E-state index in [1.807, 2.05) is 19.9 Å². The lowest BCUT2D eigenvalue weighted by molar-refractivity contribution is -0.124. The highest BCUT2D eigenvalue weighted by molar-refractivity contribution is 6.01. The van der Waals surface area contributed by atoms with E-state index in [0.29, 0.717) is 11.1 Å². The maximum absolute atomic E-state index is 12.1. The number of nitrogens with one attached hydrogen (secondary N) is 1. The molecule has 28 heavy (non-hydrogen) atoms. The summed E-state index contributed by atoms with van der Waals surface area (Å²) in [6, 6.07) is 1.81. The average Bonchev–Trinajstić information content (AvgIpc) is 2.60. The number of Topliss-reactive ketones (excluding diaryl/α,β-unsaturated/α-hetero) is 1. The van der Waals surface area contributed by atoms with Crippen LogP contribution in [0.25, 0.3) is 0 Å². The topological polar surface area (TPSA) is 80.8 Å². The third-order valence-electron chi connectivity index (χ3n) is 4.85. The molecule has 1 aromatic heterocycles. The summed E-state index contributed by atoms with van der Waals surface area (Å²) < 4.78 is 10.7. The first-order valence-electron chi connectivity index (χ1n) is 10.0. The number of aromatic nitrogens is 1. The highest BCUT2D eigenvalue weighted by atomic mass is 16.6. The van der Waals surface area contributed by atoms with E-state index in [0.717, 1.165) is 44.8 Å². The van der Waals surface area contributed by atoms with Gasteiger partial charge in [-0.2, -0.15) is 0 Å². The molecular weight excluding hydrogens is 358 g/mol. The van der Waals surface area contributed by atoms with Gasteiger partial charge in [0.05, 0.1) is 30.8 Å². The van der Waals surface area contributed by atoms with Gasteiger partial charge in [0, 0.05) is 25.4 Å². The number of hydrogen-bond donors (Lipinski definition) is 1. The van der Waals surface area contributed by atoms with Crippen LogP contribution in [0.3, 0.4) is 0 Å². The quantitative estimate of drug-likeness (QED) is 0.775. The van der Waals surface area contributed by atoms with Crippen LogP contribution in [0.15, 0.2) is 12.3 Å². The molecule has 7 heteroatoms. The van der Waals surface area contributed by atoms with E-state index < -0.39 is 11.7 Å². The number of ketones is 1. The number of ether oxygens (including phenoxy) is 2. The first-order chi connectivity index (χ1) is 13.2. The molecule has 0 aliphatic carbocycles. The van der Waals surface area contributed by atoms with Crippen LogP contribution in [-0.2, 0) is 9.47 Å². The fourth-order valence-electron chi connectivity index (χ4n) is 3.33. The Kier molecular flexibility index (Phi) is 7.04. The lowest BCUT2D eigenvalue weighted by atomic mass is 9.77. The summed E-state index contributed by atoms with van der Waals surface area (Å²) in [7, 11) is 0. The van der Waals surface area contributed by atoms with E-state index in [1.54, 1.807) is 27.0 Å². The zero-order valence-electron chi connectivity index (χ0n) is 17.9. The van der Waals surface area contributed by atoms with E-state index in [2.05, 4.69) is 15.2 Å². The molecule has 3 rings (SSSR count). The Bertz CT molecular complexity index is 698. The Hall–Kier alpha value is -2.15. The summed E-state index contributed by atoms with van der Waals surface area (Å²) in [6.45, 7) is 14.3. The van der Waals surface area contributed by atoms with Crippen LogP contribution < -0.4 is 10.2 Å². The molecule has 1 amide bonds. The first-order valence-corrected chi connectivity index (χ1v) is 10.0. The molecule has 0 aromatic carbocycles. The Balaban J connectivity index is 0.00000136. The molecule has 0 saturated carbocycles. The van der Waals surface area contributed by atoms with Gasteiger partial charge in [-0.25, -0.2) is 9.78 Å². The molecule has 7 nitrogen and oxygen atoms in total. The van der Waals surface area contributed by atoms with E-state index in [4.69, 9.17) is 9.47 Å². The van der Waals surface area contributed by atoms with Crippen molar-refractivity contribution in [2.45, 2.75) is 60.0 Å². The molecular formula is C21H33N3O4. The molecule has 1 spiro atoms. The fourth-order valence-corrected chi connectivity index (χ4v) is 3.33. The number of carbonyl (C=O) groups is 2. The van der Waals surface area contributed by atoms with Crippen molar-refractivity contribution < 1.29 is 19.1 Å². The summed E-state index contributed by atoms with van der Waals surface area (Å²) >= 11 is 0. The van der Waals surface area contributed by atoms with Crippen molar-refractivity contribution in [3.63, 3.8) is 0 Å². The van der Waals surface area contributed by atoms with Gasteiger partial charge in [0.25, 0.3) is 0 Å². The lowest BCUT2D eigenvalue weighted by Crippen LogP contribution is -2.51. The minimum atomic E-state index is -0.614. The maximum Gasteiger partial charge on any atom is 0.412 e. The van der Waals surface area contributed by atoms with Crippen LogP contribution >= 0.6 is 0 Å². The van der Waals surface area contributed by atoms with Gasteiger partial charge in [-0.15, -0.1) is 0 Å². The van der Waals surface area contributed by atoms with Crippen molar-refractivity contribution in [2.24, 2.45) is 5.41 Å². The molecule has 2 fully saturated rings. The van der Waals surface area contributed by atoms with Gasteiger partial charge >= 0.3 is 6.09 Å². The number of carbonyl (C=O) groups excluding carboxylic acids is 2. The van der Waals surface area contributed by atoms with Crippen LogP contribution in [0.4, 0.5) is 16.2 Å². The first kappa shape index (κ1) is 22.1. The van der Waals surface area contributed by atoms with Crippen LogP contribution in [0, 0.1) is 5.41 Å². The molecule has 2 aliphatic rings. The van der Waals surface area contributed by atoms with E-state index in [9.17, 15) is 9.59 Å². The summed E-state index contributed by atoms with van der Waals surface area (Å²) in [4.78, 5) is 30.5. The van der Waals surface area contributed by atoms with Gasteiger partial charge in [-0.1, -0.05) is 13.8 Å². The summed E-state index contributed by atoms with van der Waals surface area (Å²) in [5.41, 5.74) is 1.26. The Morgan fingerprint density at radius 3 is 2.29 bits per heavy atom. The molecule has 2 saturated heterocycles. The number of hydrogen-bond acceptors (Lipinski definition) is 6. The average molecular weight is 392 g/mol. The van der Waals surface area contributed by atoms with Crippen molar-refractivity contribution >= 4 is 23.3 Å². The number of pyridine rings is 1. The Labute approximate surface area is 167 Å². The van der Waals surface area contributed by atoms with Crippen LogP contribution in [0.5, 0.6) is 0 Å².